The molecule has 0 aliphatic rings. The summed E-state index contributed by atoms with van der Waals surface area (Å²) >= 11 is 0. The largest absolute Gasteiger partial charge is 0.299 e. The Morgan fingerprint density at radius 2 is 1.93 bits per heavy atom. The summed E-state index contributed by atoms with van der Waals surface area (Å²) < 4.78 is 0. The Balaban J connectivity index is 2.80. The Bertz CT molecular complexity index is 361. The molecule has 0 amide bonds. The number of Topliss-reactive ketones (excluding diaryl/α,β-unsaturated/α-hetero) is 2. The van der Waals surface area contributed by atoms with E-state index >= 15 is 0 Å². The molecule has 0 aromatic carbocycles. The third kappa shape index (κ3) is 2.45. The fourth-order valence-corrected chi connectivity index (χ4v) is 1.07. The van der Waals surface area contributed by atoms with Gasteiger partial charge in [-0.15, -0.1) is 0 Å². The molecule has 0 saturated heterocycles. The molecule has 74 valence electrons. The highest BCUT2D eigenvalue weighted by molar-refractivity contribution is 6.07. The molecule has 1 heterocycles. The van der Waals surface area contributed by atoms with Crippen LogP contribution in [0.2, 0.25) is 0 Å². The predicted molar refractivity (Wildman–Crippen MR) is 51.0 cm³/mol. The zero-order valence-electron chi connectivity index (χ0n) is 8.28. The van der Waals surface area contributed by atoms with E-state index in [1.165, 1.54) is 12.4 Å². The van der Waals surface area contributed by atoms with E-state index < -0.39 is 0 Å². The molecule has 14 heavy (non-hydrogen) atoms. The SMILES string of the molecule is CCC(=O)CC(=O)c1nccnc1C. The van der Waals surface area contributed by atoms with Gasteiger partial charge in [0.2, 0.25) is 0 Å². The molecule has 0 N–H and O–H groups in total. The monoisotopic (exact) mass is 192 g/mol. The van der Waals surface area contributed by atoms with Crippen LogP contribution in [0.25, 0.3) is 0 Å². The Hall–Kier alpha value is -1.58. The van der Waals surface area contributed by atoms with Crippen molar-refractivity contribution in [1.82, 2.24) is 9.97 Å². The molecule has 0 saturated carbocycles. The second-order valence-corrected chi connectivity index (χ2v) is 2.98. The van der Waals surface area contributed by atoms with E-state index in [-0.39, 0.29) is 18.0 Å². The van der Waals surface area contributed by atoms with Crippen molar-refractivity contribution in [1.29, 1.82) is 0 Å². The number of hydrogen-bond donors (Lipinski definition) is 0. The number of hydrogen-bond acceptors (Lipinski definition) is 4. The molecule has 0 atom stereocenters. The van der Waals surface area contributed by atoms with Crippen LogP contribution in [0, 0.1) is 6.92 Å². The molecule has 0 bridgehead atoms. The maximum Gasteiger partial charge on any atom is 0.190 e. The van der Waals surface area contributed by atoms with Crippen LogP contribution >= 0.6 is 0 Å². The minimum Gasteiger partial charge on any atom is -0.299 e. The first-order valence-corrected chi connectivity index (χ1v) is 4.47. The van der Waals surface area contributed by atoms with Crippen molar-refractivity contribution in [2.45, 2.75) is 26.7 Å². The minimum atomic E-state index is -0.248. The van der Waals surface area contributed by atoms with E-state index in [9.17, 15) is 9.59 Å². The highest BCUT2D eigenvalue weighted by Gasteiger charge is 2.14. The van der Waals surface area contributed by atoms with Gasteiger partial charge in [0.05, 0.1) is 12.1 Å². The number of ketones is 2. The first-order valence-electron chi connectivity index (χ1n) is 4.47. The van der Waals surface area contributed by atoms with E-state index in [1.54, 1.807) is 13.8 Å². The fraction of sp³-hybridized carbons (Fsp3) is 0.400. The summed E-state index contributed by atoms with van der Waals surface area (Å²) in [4.78, 5) is 30.4. The van der Waals surface area contributed by atoms with Crippen molar-refractivity contribution >= 4 is 11.6 Å². The Kier molecular flexibility index (Phi) is 3.45. The van der Waals surface area contributed by atoms with E-state index in [2.05, 4.69) is 9.97 Å². The van der Waals surface area contributed by atoms with Gasteiger partial charge in [-0.25, -0.2) is 4.98 Å². The van der Waals surface area contributed by atoms with Crippen molar-refractivity contribution in [2.24, 2.45) is 0 Å². The molecule has 0 radical (unpaired) electrons. The third-order valence-electron chi connectivity index (χ3n) is 1.90. The van der Waals surface area contributed by atoms with Gasteiger partial charge in [0.1, 0.15) is 11.5 Å². The van der Waals surface area contributed by atoms with E-state index in [0.717, 1.165) is 0 Å². The van der Waals surface area contributed by atoms with Crippen molar-refractivity contribution in [3.05, 3.63) is 23.8 Å². The number of aromatic nitrogens is 2. The highest BCUT2D eigenvalue weighted by Crippen LogP contribution is 2.04. The zero-order valence-corrected chi connectivity index (χ0v) is 8.28. The van der Waals surface area contributed by atoms with Gasteiger partial charge in [0.25, 0.3) is 0 Å². The lowest BCUT2D eigenvalue weighted by molar-refractivity contribution is -0.117. The van der Waals surface area contributed by atoms with Crippen LogP contribution in [-0.4, -0.2) is 21.5 Å². The summed E-state index contributed by atoms with van der Waals surface area (Å²) in [7, 11) is 0. The second kappa shape index (κ2) is 4.60. The molecular formula is C10H12N2O2. The average molecular weight is 192 g/mol. The topological polar surface area (TPSA) is 59.9 Å². The van der Waals surface area contributed by atoms with Crippen LogP contribution in [0.3, 0.4) is 0 Å². The summed E-state index contributed by atoms with van der Waals surface area (Å²) in [5.74, 6) is -0.317. The number of aryl methyl sites for hydroxylation is 1. The molecule has 1 aromatic heterocycles. The van der Waals surface area contributed by atoms with Gasteiger partial charge in [0, 0.05) is 18.8 Å². The smallest absolute Gasteiger partial charge is 0.190 e. The van der Waals surface area contributed by atoms with Gasteiger partial charge in [0.15, 0.2) is 5.78 Å². The van der Waals surface area contributed by atoms with Crippen LogP contribution in [-0.2, 0) is 4.79 Å². The maximum atomic E-state index is 11.5. The van der Waals surface area contributed by atoms with Gasteiger partial charge in [-0.3, -0.25) is 14.6 Å². The molecule has 0 fully saturated rings. The van der Waals surface area contributed by atoms with Crippen molar-refractivity contribution < 1.29 is 9.59 Å². The molecule has 1 rings (SSSR count). The fourth-order valence-electron chi connectivity index (χ4n) is 1.07. The maximum absolute atomic E-state index is 11.5. The summed E-state index contributed by atoms with van der Waals surface area (Å²) in [5.41, 5.74) is 0.871. The van der Waals surface area contributed by atoms with Crippen LogP contribution in [0.4, 0.5) is 0 Å². The van der Waals surface area contributed by atoms with Gasteiger partial charge in [-0.1, -0.05) is 6.92 Å². The third-order valence-corrected chi connectivity index (χ3v) is 1.90. The van der Waals surface area contributed by atoms with Gasteiger partial charge in [-0.2, -0.15) is 0 Å². The van der Waals surface area contributed by atoms with Crippen LogP contribution in [0.15, 0.2) is 12.4 Å². The highest BCUT2D eigenvalue weighted by atomic mass is 16.1. The molecule has 0 aliphatic heterocycles. The molecule has 4 heteroatoms. The van der Waals surface area contributed by atoms with E-state index in [0.29, 0.717) is 17.8 Å². The number of carbonyl (C=O) groups excluding carboxylic acids is 2. The van der Waals surface area contributed by atoms with Crippen LogP contribution < -0.4 is 0 Å². The van der Waals surface area contributed by atoms with Crippen molar-refractivity contribution in [3.8, 4) is 0 Å². The van der Waals surface area contributed by atoms with Gasteiger partial charge < -0.3 is 0 Å². The summed E-state index contributed by atoms with van der Waals surface area (Å²) in [6.45, 7) is 3.44. The molecule has 1 aromatic rings. The lowest BCUT2D eigenvalue weighted by Crippen LogP contribution is -2.11. The van der Waals surface area contributed by atoms with Crippen LogP contribution in [0.1, 0.15) is 35.9 Å². The lowest BCUT2D eigenvalue weighted by atomic mass is 10.1. The minimum absolute atomic E-state index is 0.0694. The first-order chi connectivity index (χ1) is 6.65. The molecule has 0 aliphatic carbocycles. The Morgan fingerprint density at radius 1 is 1.29 bits per heavy atom. The molecular weight excluding hydrogens is 180 g/mol. The normalized spacial score (nSPS) is 9.86. The van der Waals surface area contributed by atoms with E-state index in [1.807, 2.05) is 0 Å². The van der Waals surface area contributed by atoms with Crippen molar-refractivity contribution in [2.75, 3.05) is 0 Å². The molecule has 0 unspecified atom stereocenters. The summed E-state index contributed by atoms with van der Waals surface area (Å²) in [6, 6.07) is 0. The average Bonchev–Trinajstić information content (AvgIpc) is 2.18. The Morgan fingerprint density at radius 3 is 2.50 bits per heavy atom. The standard InChI is InChI=1S/C10H12N2O2/c1-3-8(13)6-9(14)10-7(2)11-4-5-12-10/h4-5H,3,6H2,1-2H3. The predicted octanol–water partition coefficient (Wildman–Crippen LogP) is 1.34. The second-order valence-electron chi connectivity index (χ2n) is 2.98. The zero-order chi connectivity index (χ0) is 10.6. The van der Waals surface area contributed by atoms with Gasteiger partial charge >= 0.3 is 0 Å². The molecule has 4 nitrogen and oxygen atoms in total. The van der Waals surface area contributed by atoms with Gasteiger partial charge in [-0.05, 0) is 6.92 Å². The number of rotatable bonds is 4. The quantitative estimate of drug-likeness (QED) is 0.533. The summed E-state index contributed by atoms with van der Waals surface area (Å²) in [6.07, 6.45) is 3.28. The number of nitrogens with zero attached hydrogens (tertiary/aromatic N) is 2. The Labute approximate surface area is 82.4 Å². The number of carbonyl (C=O) groups is 2. The lowest BCUT2D eigenvalue weighted by Gasteiger charge is -2.00. The molecule has 0 spiro atoms. The van der Waals surface area contributed by atoms with Crippen LogP contribution in [0.5, 0.6) is 0 Å². The van der Waals surface area contributed by atoms with E-state index in [4.69, 9.17) is 0 Å². The van der Waals surface area contributed by atoms with Crippen molar-refractivity contribution in [3.63, 3.8) is 0 Å². The summed E-state index contributed by atoms with van der Waals surface area (Å²) in [5, 5.41) is 0. The first kappa shape index (κ1) is 10.5.